The molecule has 0 atom stereocenters. The molecule has 0 saturated heterocycles. The summed E-state index contributed by atoms with van der Waals surface area (Å²) in [5, 5.41) is 2.58. The van der Waals surface area contributed by atoms with Gasteiger partial charge in [0.25, 0.3) is 0 Å². The van der Waals surface area contributed by atoms with Crippen molar-refractivity contribution in [3.63, 3.8) is 0 Å². The van der Waals surface area contributed by atoms with E-state index in [2.05, 4.69) is 5.32 Å². The monoisotopic (exact) mass is 442 g/mol. The van der Waals surface area contributed by atoms with Crippen LogP contribution >= 0.6 is 0 Å². The van der Waals surface area contributed by atoms with E-state index >= 15 is 0 Å². The molecular formula is C21H25F3N2O3S. The van der Waals surface area contributed by atoms with Crippen LogP contribution in [0.15, 0.2) is 42.5 Å². The average Bonchev–Trinajstić information content (AvgIpc) is 2.65. The van der Waals surface area contributed by atoms with Gasteiger partial charge in [-0.1, -0.05) is 24.3 Å². The van der Waals surface area contributed by atoms with E-state index in [1.807, 2.05) is 19.9 Å². The molecule has 0 heterocycles. The fourth-order valence-electron chi connectivity index (χ4n) is 3.00. The number of hydrogen-bond donors (Lipinski definition) is 1. The van der Waals surface area contributed by atoms with Crippen LogP contribution < -0.4 is 9.62 Å². The fraction of sp³-hybridized carbons (Fsp3) is 0.381. The molecule has 2 aromatic rings. The third-order valence-corrected chi connectivity index (χ3v) is 5.93. The van der Waals surface area contributed by atoms with Crippen molar-refractivity contribution in [2.75, 3.05) is 17.1 Å². The molecule has 30 heavy (non-hydrogen) atoms. The molecule has 5 nitrogen and oxygen atoms in total. The Bertz CT molecular complexity index is 1000. The molecule has 1 amide bonds. The maximum Gasteiger partial charge on any atom is 0.416 e. The first-order valence-corrected chi connectivity index (χ1v) is 11.2. The van der Waals surface area contributed by atoms with Crippen LogP contribution in [0.2, 0.25) is 0 Å². The number of nitrogens with one attached hydrogen (secondary N) is 1. The largest absolute Gasteiger partial charge is 0.416 e. The molecule has 0 radical (unpaired) electrons. The summed E-state index contributed by atoms with van der Waals surface area (Å²) in [4.78, 5) is 12.1. The van der Waals surface area contributed by atoms with Gasteiger partial charge in [0.2, 0.25) is 15.9 Å². The number of anilines is 1. The Morgan fingerprint density at radius 1 is 1.10 bits per heavy atom. The van der Waals surface area contributed by atoms with Crippen molar-refractivity contribution in [1.29, 1.82) is 0 Å². The first-order chi connectivity index (χ1) is 13.9. The minimum Gasteiger partial charge on any atom is -0.352 e. The Labute approximate surface area is 175 Å². The van der Waals surface area contributed by atoms with Gasteiger partial charge in [-0.25, -0.2) is 8.42 Å². The molecule has 0 aliphatic rings. The van der Waals surface area contributed by atoms with Crippen LogP contribution in [0.5, 0.6) is 0 Å². The third kappa shape index (κ3) is 6.48. The number of carbonyl (C=O) groups excluding carboxylic acids is 1. The van der Waals surface area contributed by atoms with E-state index < -0.39 is 21.8 Å². The highest BCUT2D eigenvalue weighted by molar-refractivity contribution is 7.92. The number of alkyl halides is 3. The maximum atomic E-state index is 12.8. The number of benzene rings is 2. The van der Waals surface area contributed by atoms with Crippen molar-refractivity contribution in [2.45, 2.75) is 39.4 Å². The van der Waals surface area contributed by atoms with Crippen molar-refractivity contribution >= 4 is 21.6 Å². The Hall–Kier alpha value is -2.55. The molecule has 0 aliphatic heterocycles. The molecular weight excluding hydrogens is 417 g/mol. The van der Waals surface area contributed by atoms with Gasteiger partial charge in [-0.15, -0.1) is 0 Å². The third-order valence-electron chi connectivity index (χ3n) is 4.75. The van der Waals surface area contributed by atoms with Gasteiger partial charge in [0.05, 0.1) is 17.5 Å². The van der Waals surface area contributed by atoms with Crippen LogP contribution in [0.4, 0.5) is 18.9 Å². The summed E-state index contributed by atoms with van der Waals surface area (Å²) in [6, 6.07) is 10.1. The second-order valence-electron chi connectivity index (χ2n) is 7.13. The zero-order chi connectivity index (χ0) is 22.5. The first-order valence-electron chi connectivity index (χ1n) is 9.36. The summed E-state index contributed by atoms with van der Waals surface area (Å²) in [7, 11) is -3.53. The number of rotatable bonds is 8. The molecule has 0 spiro atoms. The standard InChI is InChI=1S/C21H25F3N2O3S/c1-15-7-4-10-19(16(15)2)26(30(3,28)29)12-6-11-20(27)25-14-17-8-5-9-18(13-17)21(22,23)24/h4-5,7-10,13H,6,11-12,14H2,1-3H3,(H,25,27). The number of aryl methyl sites for hydroxylation is 1. The SMILES string of the molecule is Cc1cccc(N(CCCC(=O)NCc2cccc(C(F)(F)F)c2)S(C)(=O)=O)c1C. The van der Waals surface area contributed by atoms with Crippen molar-refractivity contribution < 1.29 is 26.4 Å². The normalized spacial score (nSPS) is 11.9. The quantitative estimate of drug-likeness (QED) is 0.667. The Morgan fingerprint density at radius 3 is 2.40 bits per heavy atom. The summed E-state index contributed by atoms with van der Waals surface area (Å²) in [5.74, 6) is -0.359. The molecule has 0 aliphatic carbocycles. The highest BCUT2D eigenvalue weighted by atomic mass is 32.2. The number of halogens is 3. The van der Waals surface area contributed by atoms with E-state index in [-0.39, 0.29) is 31.8 Å². The summed E-state index contributed by atoms with van der Waals surface area (Å²) < 4.78 is 64.0. The lowest BCUT2D eigenvalue weighted by molar-refractivity contribution is -0.137. The number of nitrogens with zero attached hydrogens (tertiary/aromatic N) is 1. The molecule has 0 fully saturated rings. The van der Waals surface area contributed by atoms with Crippen molar-refractivity contribution in [2.24, 2.45) is 0 Å². The van der Waals surface area contributed by atoms with Crippen LogP contribution in [0.3, 0.4) is 0 Å². The lowest BCUT2D eigenvalue weighted by Gasteiger charge is -2.24. The topological polar surface area (TPSA) is 66.5 Å². The van der Waals surface area contributed by atoms with Crippen molar-refractivity contribution in [3.05, 3.63) is 64.7 Å². The summed E-state index contributed by atoms with van der Waals surface area (Å²) >= 11 is 0. The molecule has 2 rings (SSSR count). The maximum absolute atomic E-state index is 12.8. The van der Waals surface area contributed by atoms with Gasteiger partial charge in [0.15, 0.2) is 0 Å². The minimum atomic E-state index is -4.44. The highest BCUT2D eigenvalue weighted by Gasteiger charge is 2.30. The summed E-state index contributed by atoms with van der Waals surface area (Å²) in [6.07, 6.45) is -3.00. The zero-order valence-corrected chi connectivity index (χ0v) is 17.9. The predicted molar refractivity (Wildman–Crippen MR) is 111 cm³/mol. The fourth-order valence-corrected chi connectivity index (χ4v) is 4.02. The smallest absolute Gasteiger partial charge is 0.352 e. The van der Waals surface area contributed by atoms with E-state index in [0.717, 1.165) is 29.5 Å². The van der Waals surface area contributed by atoms with Crippen LogP contribution in [0, 0.1) is 13.8 Å². The molecule has 0 aromatic heterocycles. The van der Waals surface area contributed by atoms with Gasteiger partial charge < -0.3 is 5.32 Å². The summed E-state index contributed by atoms with van der Waals surface area (Å²) in [5.41, 5.74) is 1.94. The highest BCUT2D eigenvalue weighted by Crippen LogP contribution is 2.29. The Balaban J connectivity index is 1.94. The second-order valence-corrected chi connectivity index (χ2v) is 9.04. The van der Waals surface area contributed by atoms with E-state index in [1.165, 1.54) is 16.4 Å². The van der Waals surface area contributed by atoms with E-state index in [0.29, 0.717) is 11.3 Å². The Morgan fingerprint density at radius 2 is 1.77 bits per heavy atom. The molecule has 0 saturated carbocycles. The van der Waals surface area contributed by atoms with E-state index in [9.17, 15) is 26.4 Å². The first kappa shape index (κ1) is 23.7. The summed E-state index contributed by atoms with van der Waals surface area (Å²) in [6.45, 7) is 3.82. The van der Waals surface area contributed by atoms with E-state index in [1.54, 1.807) is 12.1 Å². The predicted octanol–water partition coefficient (Wildman–Crippen LogP) is 4.18. The van der Waals surface area contributed by atoms with Crippen LogP contribution in [-0.2, 0) is 27.5 Å². The van der Waals surface area contributed by atoms with Crippen LogP contribution in [0.1, 0.15) is 35.1 Å². The lowest BCUT2D eigenvalue weighted by Crippen LogP contribution is -2.32. The molecule has 164 valence electrons. The van der Waals surface area contributed by atoms with Gasteiger partial charge >= 0.3 is 6.18 Å². The number of sulfonamides is 1. The van der Waals surface area contributed by atoms with Crippen LogP contribution in [-0.4, -0.2) is 27.1 Å². The molecule has 1 N–H and O–H groups in total. The Kier molecular flexibility index (Phi) is 7.52. The lowest BCUT2D eigenvalue weighted by atomic mass is 10.1. The van der Waals surface area contributed by atoms with Gasteiger partial charge in [-0.2, -0.15) is 13.2 Å². The van der Waals surface area contributed by atoms with Gasteiger partial charge in [-0.3, -0.25) is 9.10 Å². The van der Waals surface area contributed by atoms with Gasteiger partial charge in [-0.05, 0) is 55.2 Å². The van der Waals surface area contributed by atoms with E-state index in [4.69, 9.17) is 0 Å². The molecule has 2 aromatic carbocycles. The zero-order valence-electron chi connectivity index (χ0n) is 17.1. The second kappa shape index (κ2) is 9.51. The van der Waals surface area contributed by atoms with Crippen LogP contribution in [0.25, 0.3) is 0 Å². The number of amides is 1. The molecule has 0 bridgehead atoms. The number of carbonyl (C=O) groups is 1. The molecule has 0 unspecified atom stereocenters. The van der Waals surface area contributed by atoms with Gasteiger partial charge in [0.1, 0.15) is 0 Å². The average molecular weight is 443 g/mol. The molecule has 9 heteroatoms. The van der Waals surface area contributed by atoms with Crippen molar-refractivity contribution in [3.8, 4) is 0 Å². The van der Waals surface area contributed by atoms with Gasteiger partial charge in [0, 0.05) is 19.5 Å². The number of hydrogen-bond acceptors (Lipinski definition) is 3. The minimum absolute atomic E-state index is 0.0322. The van der Waals surface area contributed by atoms with Crippen molar-refractivity contribution in [1.82, 2.24) is 5.32 Å².